The molecule has 0 radical (unpaired) electrons. The molecule has 4 heteroatoms. The van der Waals surface area contributed by atoms with E-state index in [-0.39, 0.29) is 18.5 Å². The zero-order valence-corrected chi connectivity index (χ0v) is 73.3. The Bertz CT molecular complexity index is 6020. The molecule has 15 aromatic rings. The predicted molar refractivity (Wildman–Crippen MR) is 514 cm³/mol. The lowest BCUT2D eigenvalue weighted by atomic mass is 9.33. The Morgan fingerprint density at radius 2 is 0.534 bits per heavy atom. The highest BCUT2D eigenvalue weighted by Gasteiger charge is 2.46. The van der Waals surface area contributed by atoms with Gasteiger partial charge in [0.15, 0.2) is 0 Å². The fourth-order valence-electron chi connectivity index (χ4n) is 20.2. The fourth-order valence-corrected chi connectivity index (χ4v) is 20.2. The molecule has 0 saturated carbocycles. The number of hydrogen-bond acceptors (Lipinski definition) is 2. The van der Waals surface area contributed by atoms with Gasteiger partial charge in [0.25, 0.3) is 6.71 Å². The topological polar surface area (TPSA) is 11.4 Å². The first kappa shape index (κ1) is 79.0. The minimum Gasteiger partial charge on any atom is -0.311 e. The first-order chi connectivity index (χ1) is 56.9. The molecule has 0 amide bonds. The summed E-state index contributed by atoms with van der Waals surface area (Å²) in [6.07, 6.45) is 0. The first-order valence-electron chi connectivity index (χ1n) is 44.0. The van der Waals surface area contributed by atoms with Crippen molar-refractivity contribution < 1.29 is 0 Å². The molecular formula is C114H116BN3. The molecule has 14 aromatic carbocycles. The van der Waals surface area contributed by atoms with Crippen molar-refractivity contribution in [3.63, 3.8) is 0 Å². The van der Waals surface area contributed by atoms with Gasteiger partial charge in [-0.25, -0.2) is 0 Å². The van der Waals surface area contributed by atoms with Crippen molar-refractivity contribution in [2.24, 2.45) is 0 Å². The molecule has 0 spiro atoms. The Morgan fingerprint density at radius 1 is 0.212 bits per heavy atom. The second kappa shape index (κ2) is 31.8. The van der Waals surface area contributed by atoms with Gasteiger partial charge in [-0.1, -0.05) is 351 Å². The monoisotopic (exact) mass is 1540 g/mol. The van der Waals surface area contributed by atoms with Gasteiger partial charge in [0.1, 0.15) is 0 Å². The van der Waals surface area contributed by atoms with Crippen LogP contribution in [0.25, 0.3) is 105 Å². The number of anilines is 6. The maximum absolute atomic E-state index is 2.77. The van der Waals surface area contributed by atoms with E-state index in [2.05, 4.69) is 432 Å². The Labute approximate surface area is 704 Å². The van der Waals surface area contributed by atoms with Crippen LogP contribution < -0.4 is 26.2 Å². The van der Waals surface area contributed by atoms with E-state index in [0.717, 1.165) is 50.7 Å². The van der Waals surface area contributed by atoms with Crippen LogP contribution in [0.15, 0.2) is 279 Å². The maximum Gasteiger partial charge on any atom is 0.252 e. The third-order valence-corrected chi connectivity index (χ3v) is 25.9. The zero-order chi connectivity index (χ0) is 82.5. The van der Waals surface area contributed by atoms with Gasteiger partial charge in [0.2, 0.25) is 0 Å². The summed E-state index contributed by atoms with van der Waals surface area (Å²) in [5, 5.41) is 2.48. The summed E-state index contributed by atoms with van der Waals surface area (Å²) in [5.74, 6) is 3.04. The highest BCUT2D eigenvalue weighted by Crippen LogP contribution is 2.55. The molecule has 0 atom stereocenters. The highest BCUT2D eigenvalue weighted by molar-refractivity contribution is 7.00. The highest BCUT2D eigenvalue weighted by atomic mass is 15.2. The summed E-state index contributed by atoms with van der Waals surface area (Å²) < 4.78 is 2.62. The van der Waals surface area contributed by atoms with E-state index in [1.807, 2.05) is 0 Å². The Morgan fingerprint density at radius 3 is 0.915 bits per heavy atom. The Kier molecular flexibility index (Phi) is 21.3. The molecule has 0 N–H and O–H groups in total. The predicted octanol–water partition coefficient (Wildman–Crippen LogP) is 31.8. The molecular weight excluding hydrogens is 1420 g/mol. The van der Waals surface area contributed by atoms with Gasteiger partial charge in [-0.05, 0) is 265 Å². The third kappa shape index (κ3) is 13.7. The lowest BCUT2D eigenvalue weighted by Gasteiger charge is -2.45. The second-order valence-corrected chi connectivity index (χ2v) is 36.9. The molecule has 0 saturated heterocycles. The van der Waals surface area contributed by atoms with Gasteiger partial charge in [-0.3, -0.25) is 0 Å². The summed E-state index contributed by atoms with van der Waals surface area (Å²) in [5.41, 5.74) is 45.5. The SMILES string of the molecule is CC(C)c1cccc(C(C)C)c1-c1ccc(N2c3ccc(-c4c(C(C)C)cccc4C(C)C)cc3B3c4ccc(-n5c6ccc(-c7c(C(C)C)cccc7C(C)C)cc6c6cc(-c7c(C(C)C)cccc7C(C)C)ccc65)cc4N(c4c(-c5ccccc5)cccc4-c4ccccc4)c4cc(-c5c(C(C)C)cccc5C(C)C)cc2c43)cc1. The zero-order valence-electron chi connectivity index (χ0n) is 73.3. The van der Waals surface area contributed by atoms with Gasteiger partial charge >= 0.3 is 0 Å². The van der Waals surface area contributed by atoms with Crippen LogP contribution >= 0.6 is 0 Å². The molecule has 0 fully saturated rings. The van der Waals surface area contributed by atoms with Crippen LogP contribution in [0.2, 0.25) is 0 Å². The number of rotatable bonds is 20. The lowest BCUT2D eigenvalue weighted by molar-refractivity contribution is 0.838. The van der Waals surface area contributed by atoms with E-state index in [9.17, 15) is 0 Å². The largest absolute Gasteiger partial charge is 0.311 e. The van der Waals surface area contributed by atoms with Crippen LogP contribution in [-0.2, 0) is 0 Å². The molecule has 0 unspecified atom stereocenters. The van der Waals surface area contributed by atoms with E-state index in [4.69, 9.17) is 0 Å². The molecule has 590 valence electrons. The molecule has 1 aromatic heterocycles. The van der Waals surface area contributed by atoms with Gasteiger partial charge < -0.3 is 14.4 Å². The van der Waals surface area contributed by atoms with Crippen molar-refractivity contribution in [3.05, 3.63) is 335 Å². The van der Waals surface area contributed by atoms with Crippen molar-refractivity contribution in [2.45, 2.75) is 198 Å². The van der Waals surface area contributed by atoms with Crippen molar-refractivity contribution in [2.75, 3.05) is 9.80 Å². The molecule has 0 aliphatic carbocycles. The summed E-state index contributed by atoms with van der Waals surface area (Å²) in [7, 11) is 0. The average molecular weight is 1540 g/mol. The summed E-state index contributed by atoms with van der Waals surface area (Å²) in [6, 6.07) is 110. The molecule has 3 nitrogen and oxygen atoms in total. The van der Waals surface area contributed by atoms with Gasteiger partial charge in [0.05, 0.1) is 16.7 Å². The van der Waals surface area contributed by atoms with Crippen LogP contribution in [-0.4, -0.2) is 11.3 Å². The minimum absolute atomic E-state index is 0.233. The number of fused-ring (bicyclic) bond motifs is 7. The van der Waals surface area contributed by atoms with Crippen molar-refractivity contribution in [1.82, 2.24) is 4.57 Å². The fraction of sp³-hybridized carbons (Fsp3) is 0.263. The quantitative estimate of drug-likeness (QED) is 0.0705. The van der Waals surface area contributed by atoms with E-state index in [1.54, 1.807) is 0 Å². The summed E-state index contributed by atoms with van der Waals surface area (Å²) in [4.78, 5) is 5.44. The van der Waals surface area contributed by atoms with Crippen LogP contribution in [0.5, 0.6) is 0 Å². The standard InChI is InChI=1S/C114H116BN3/c1-67(2)86-37-27-38-87(68(3)4)108(86)79-49-54-84(55-50-79)116-104-60-53-82(111-92(73(13)14)43-30-44-93(111)74(15)16)63-101(104)115-100-57-56-85(117-102-58-51-80(109-88(69(5)6)39-28-40-89(109)70(7)8)61-98(102)99-62-81(52-59-103(99)117)110-90(71(9)10)41-29-42-91(110)72(11)12)66-105(100)118(114-96(77-33-23-21-24-34-77)47-32-48-97(114)78-35-25-22-26-36-78)107-65-83(64-106(116)113(107)115)112-94(75(17)18)45-31-46-95(112)76(19)20/h21-76H,1-20H3. The number of aromatic nitrogens is 1. The summed E-state index contributed by atoms with van der Waals surface area (Å²) >= 11 is 0. The van der Waals surface area contributed by atoms with Crippen LogP contribution in [0.4, 0.5) is 34.1 Å². The van der Waals surface area contributed by atoms with Gasteiger partial charge in [-0.15, -0.1) is 0 Å². The van der Waals surface area contributed by atoms with Crippen molar-refractivity contribution >= 4 is 79.0 Å². The van der Waals surface area contributed by atoms with Crippen LogP contribution in [0, 0.1) is 0 Å². The van der Waals surface area contributed by atoms with E-state index >= 15 is 0 Å². The normalized spacial score (nSPS) is 12.8. The van der Waals surface area contributed by atoms with E-state index < -0.39 is 0 Å². The molecule has 2 aliphatic rings. The average Bonchev–Trinajstić information content (AvgIpc) is 0.699. The minimum atomic E-state index is -0.241. The molecule has 17 rings (SSSR count). The number of para-hydroxylation sites is 1. The lowest BCUT2D eigenvalue weighted by Crippen LogP contribution is -2.61. The number of nitrogens with zero attached hydrogens (tertiary/aromatic N) is 3. The smallest absolute Gasteiger partial charge is 0.252 e. The molecule has 0 bridgehead atoms. The van der Waals surface area contributed by atoms with Crippen LogP contribution in [0.3, 0.4) is 0 Å². The summed E-state index contributed by atoms with van der Waals surface area (Å²) in [6.45, 7) is 47.0. The second-order valence-electron chi connectivity index (χ2n) is 36.9. The molecule has 2 aliphatic heterocycles. The molecule has 3 heterocycles. The van der Waals surface area contributed by atoms with E-state index in [0.29, 0.717) is 47.3 Å². The maximum atomic E-state index is 2.77. The first-order valence-corrected chi connectivity index (χ1v) is 44.0. The van der Waals surface area contributed by atoms with Gasteiger partial charge in [-0.2, -0.15) is 0 Å². The number of hydrogen-bond donors (Lipinski definition) is 0. The van der Waals surface area contributed by atoms with Crippen molar-refractivity contribution in [1.29, 1.82) is 0 Å². The van der Waals surface area contributed by atoms with Gasteiger partial charge in [0, 0.05) is 56.0 Å². The molecule has 118 heavy (non-hydrogen) atoms. The van der Waals surface area contributed by atoms with Crippen LogP contribution in [0.1, 0.15) is 253 Å². The van der Waals surface area contributed by atoms with Crippen molar-refractivity contribution in [3.8, 4) is 83.6 Å². The Hall–Kier alpha value is -11.5. The van der Waals surface area contributed by atoms with E-state index in [1.165, 1.54) is 161 Å². The number of benzene rings is 14. The third-order valence-electron chi connectivity index (χ3n) is 25.9. The Balaban J connectivity index is 1.04.